The summed E-state index contributed by atoms with van der Waals surface area (Å²) in [5, 5.41) is 0. The third-order valence-corrected chi connectivity index (χ3v) is 2.17. The number of benzene rings is 1. The number of para-hydroxylation sites is 1. The van der Waals surface area contributed by atoms with Crippen LogP contribution in [-0.4, -0.2) is 9.55 Å². The maximum absolute atomic E-state index is 4.31. The minimum atomic E-state index is 0.821. The first-order valence-electron chi connectivity index (χ1n) is 4.34. The minimum Gasteiger partial charge on any atom is -0.326 e. The van der Waals surface area contributed by atoms with Crippen molar-refractivity contribution in [2.45, 2.75) is 13.5 Å². The first kappa shape index (κ1) is 8.05. The zero-order valence-electron chi connectivity index (χ0n) is 7.70. The van der Waals surface area contributed by atoms with Gasteiger partial charge in [-0.3, -0.25) is 0 Å². The molecule has 1 aromatic carbocycles. The van der Waals surface area contributed by atoms with Crippen molar-refractivity contribution in [3.63, 3.8) is 0 Å². The molecular weight excluding hydrogens is 160 g/mol. The number of hydrogen-bond acceptors (Lipinski definition) is 1. The zero-order chi connectivity index (χ0) is 9.26. The van der Waals surface area contributed by atoms with Gasteiger partial charge in [-0.1, -0.05) is 18.2 Å². The Morgan fingerprint density at radius 3 is 3.15 bits per heavy atom. The van der Waals surface area contributed by atoms with E-state index in [1.165, 1.54) is 11.1 Å². The van der Waals surface area contributed by atoms with Gasteiger partial charge in [-0.15, -0.1) is 6.58 Å². The fraction of sp³-hybridized carbons (Fsp3) is 0.182. The second kappa shape index (κ2) is 3.05. The van der Waals surface area contributed by atoms with Gasteiger partial charge in [0.25, 0.3) is 0 Å². The fourth-order valence-electron chi connectivity index (χ4n) is 1.59. The van der Waals surface area contributed by atoms with Crippen molar-refractivity contribution in [3.05, 3.63) is 42.7 Å². The lowest BCUT2D eigenvalue weighted by molar-refractivity contribution is 0.848. The van der Waals surface area contributed by atoms with Gasteiger partial charge in [0.15, 0.2) is 0 Å². The molecule has 0 unspecified atom stereocenters. The third kappa shape index (κ3) is 1.24. The molecule has 0 amide bonds. The van der Waals surface area contributed by atoms with Crippen LogP contribution in [0.4, 0.5) is 0 Å². The molecule has 2 nitrogen and oxygen atoms in total. The molecule has 1 aromatic heterocycles. The normalized spacial score (nSPS) is 10.5. The summed E-state index contributed by atoms with van der Waals surface area (Å²) in [7, 11) is 0. The summed E-state index contributed by atoms with van der Waals surface area (Å²) in [5.41, 5.74) is 3.53. The molecule has 0 fully saturated rings. The topological polar surface area (TPSA) is 17.8 Å². The lowest BCUT2D eigenvalue weighted by Crippen LogP contribution is -1.93. The van der Waals surface area contributed by atoms with E-state index in [0.717, 1.165) is 12.1 Å². The molecule has 0 aliphatic rings. The fourth-order valence-corrected chi connectivity index (χ4v) is 1.59. The second-order valence-electron chi connectivity index (χ2n) is 3.13. The minimum absolute atomic E-state index is 0.821. The molecular formula is C11H12N2. The van der Waals surface area contributed by atoms with Crippen LogP contribution < -0.4 is 0 Å². The first-order chi connectivity index (χ1) is 6.33. The van der Waals surface area contributed by atoms with Crippen molar-refractivity contribution >= 4 is 11.0 Å². The van der Waals surface area contributed by atoms with E-state index in [1.54, 1.807) is 0 Å². The number of nitrogens with zero attached hydrogens (tertiary/aromatic N) is 2. The second-order valence-corrected chi connectivity index (χ2v) is 3.13. The lowest BCUT2D eigenvalue weighted by Gasteiger charge is -2.01. The van der Waals surface area contributed by atoms with Crippen molar-refractivity contribution in [1.29, 1.82) is 0 Å². The Bertz CT molecular complexity index is 440. The molecule has 2 heteroatoms. The van der Waals surface area contributed by atoms with Gasteiger partial charge < -0.3 is 4.57 Å². The van der Waals surface area contributed by atoms with Crippen LogP contribution in [0.5, 0.6) is 0 Å². The number of fused-ring (bicyclic) bond motifs is 1. The summed E-state index contributed by atoms with van der Waals surface area (Å²) in [6.45, 7) is 6.65. The predicted octanol–water partition coefficient (Wildman–Crippen LogP) is 2.53. The average molecular weight is 172 g/mol. The van der Waals surface area contributed by atoms with Crippen LogP contribution in [0.15, 0.2) is 37.2 Å². The molecule has 0 atom stereocenters. The van der Waals surface area contributed by atoms with Crippen LogP contribution in [0.2, 0.25) is 0 Å². The van der Waals surface area contributed by atoms with Crippen molar-refractivity contribution in [2.75, 3.05) is 0 Å². The molecule has 13 heavy (non-hydrogen) atoms. The van der Waals surface area contributed by atoms with Gasteiger partial charge in [-0.2, -0.15) is 0 Å². The van der Waals surface area contributed by atoms with E-state index in [2.05, 4.69) is 29.1 Å². The van der Waals surface area contributed by atoms with E-state index in [1.807, 2.05) is 24.5 Å². The Hall–Kier alpha value is -1.57. The quantitative estimate of drug-likeness (QED) is 0.636. The van der Waals surface area contributed by atoms with Crippen molar-refractivity contribution in [2.24, 2.45) is 0 Å². The molecule has 2 aromatic rings. The van der Waals surface area contributed by atoms with Crippen molar-refractivity contribution in [3.8, 4) is 0 Å². The van der Waals surface area contributed by atoms with E-state index >= 15 is 0 Å². The van der Waals surface area contributed by atoms with Gasteiger partial charge >= 0.3 is 0 Å². The van der Waals surface area contributed by atoms with Gasteiger partial charge in [0.1, 0.15) is 0 Å². The highest BCUT2D eigenvalue weighted by molar-refractivity contribution is 5.78. The molecule has 0 spiro atoms. The maximum atomic E-state index is 4.31. The van der Waals surface area contributed by atoms with Crippen LogP contribution in [-0.2, 0) is 6.54 Å². The SMILES string of the molecule is C=CCn1cnc2cccc(C)c21. The molecule has 66 valence electrons. The van der Waals surface area contributed by atoms with Crippen LogP contribution in [0.3, 0.4) is 0 Å². The zero-order valence-corrected chi connectivity index (χ0v) is 7.70. The highest BCUT2D eigenvalue weighted by atomic mass is 15.0. The summed E-state index contributed by atoms with van der Waals surface area (Å²) in [6.07, 6.45) is 3.74. The van der Waals surface area contributed by atoms with Gasteiger partial charge in [0.2, 0.25) is 0 Å². The largest absolute Gasteiger partial charge is 0.326 e. The highest BCUT2D eigenvalue weighted by Gasteiger charge is 2.02. The summed E-state index contributed by atoms with van der Waals surface area (Å²) in [4.78, 5) is 4.31. The molecule has 0 bridgehead atoms. The van der Waals surface area contributed by atoms with Gasteiger partial charge in [0, 0.05) is 6.54 Å². The standard InChI is InChI=1S/C11H12N2/c1-3-7-13-8-12-10-6-4-5-9(2)11(10)13/h3-6,8H,1,7H2,2H3. The number of aryl methyl sites for hydroxylation is 1. The predicted molar refractivity (Wildman–Crippen MR) is 54.7 cm³/mol. The summed E-state index contributed by atoms with van der Waals surface area (Å²) < 4.78 is 2.11. The van der Waals surface area contributed by atoms with Crippen LogP contribution in [0.1, 0.15) is 5.56 Å². The van der Waals surface area contributed by atoms with Crippen LogP contribution in [0.25, 0.3) is 11.0 Å². The number of allylic oxidation sites excluding steroid dienone is 1. The maximum Gasteiger partial charge on any atom is 0.0961 e. The molecule has 0 radical (unpaired) electrons. The van der Waals surface area contributed by atoms with Gasteiger partial charge in [-0.05, 0) is 18.6 Å². The third-order valence-electron chi connectivity index (χ3n) is 2.17. The molecule has 0 aliphatic heterocycles. The Morgan fingerprint density at radius 2 is 2.38 bits per heavy atom. The Morgan fingerprint density at radius 1 is 1.54 bits per heavy atom. The van der Waals surface area contributed by atoms with Crippen molar-refractivity contribution in [1.82, 2.24) is 9.55 Å². The number of aromatic nitrogens is 2. The molecule has 0 saturated carbocycles. The van der Waals surface area contributed by atoms with E-state index in [0.29, 0.717) is 0 Å². The Kier molecular flexibility index (Phi) is 1.89. The van der Waals surface area contributed by atoms with E-state index < -0.39 is 0 Å². The van der Waals surface area contributed by atoms with E-state index in [-0.39, 0.29) is 0 Å². The van der Waals surface area contributed by atoms with Gasteiger partial charge in [-0.25, -0.2) is 4.98 Å². The summed E-state index contributed by atoms with van der Waals surface area (Å²) in [6, 6.07) is 6.16. The molecule has 1 heterocycles. The number of hydrogen-bond donors (Lipinski definition) is 0. The van der Waals surface area contributed by atoms with E-state index in [4.69, 9.17) is 0 Å². The highest BCUT2D eigenvalue weighted by Crippen LogP contribution is 2.16. The van der Waals surface area contributed by atoms with Gasteiger partial charge in [0.05, 0.1) is 17.4 Å². The van der Waals surface area contributed by atoms with Crippen LogP contribution in [0, 0.1) is 6.92 Å². The Balaban J connectivity index is 2.70. The van der Waals surface area contributed by atoms with Crippen molar-refractivity contribution < 1.29 is 0 Å². The molecule has 2 rings (SSSR count). The number of imidazole rings is 1. The summed E-state index contributed by atoms with van der Waals surface area (Å²) >= 11 is 0. The lowest BCUT2D eigenvalue weighted by atomic mass is 10.2. The molecule has 0 saturated heterocycles. The smallest absolute Gasteiger partial charge is 0.0961 e. The Labute approximate surface area is 77.5 Å². The first-order valence-corrected chi connectivity index (χ1v) is 4.34. The number of rotatable bonds is 2. The average Bonchev–Trinajstić information content (AvgIpc) is 2.51. The molecule has 0 N–H and O–H groups in total. The van der Waals surface area contributed by atoms with E-state index in [9.17, 15) is 0 Å². The monoisotopic (exact) mass is 172 g/mol. The molecule has 0 aliphatic carbocycles. The van der Waals surface area contributed by atoms with Crippen LogP contribution >= 0.6 is 0 Å². The summed E-state index contributed by atoms with van der Waals surface area (Å²) in [5.74, 6) is 0.